The van der Waals surface area contributed by atoms with Crippen molar-refractivity contribution >= 4 is 42.7 Å². The third-order valence-electron chi connectivity index (χ3n) is 2.11. The van der Waals surface area contributed by atoms with Gasteiger partial charge in [-0.25, -0.2) is 17.9 Å². The second-order valence-electron chi connectivity index (χ2n) is 3.66. The maximum Gasteiger partial charge on any atom is 0.335 e. The number of hydrogen-bond donors (Lipinski definition) is 2. The molecule has 0 aromatic heterocycles. The molecule has 9 heteroatoms. The number of halogens is 1. The molecule has 1 atom stereocenters. The summed E-state index contributed by atoms with van der Waals surface area (Å²) in [5.74, 6) is -1.02. The van der Waals surface area contributed by atoms with Gasteiger partial charge in [-0.1, -0.05) is 15.9 Å². The molecular formula is C10H12BrNO5S2. The van der Waals surface area contributed by atoms with Crippen LogP contribution in [0.15, 0.2) is 27.6 Å². The molecule has 19 heavy (non-hydrogen) atoms. The summed E-state index contributed by atoms with van der Waals surface area (Å²) >= 11 is 3.06. The number of rotatable bonds is 6. The number of nitrogens with one attached hydrogen (secondary N) is 1. The summed E-state index contributed by atoms with van der Waals surface area (Å²) in [6.07, 6.45) is 1.47. The highest BCUT2D eigenvalue weighted by Gasteiger charge is 2.17. The minimum atomic E-state index is -3.81. The molecule has 0 amide bonds. The Balaban J connectivity index is 3.01. The molecule has 106 valence electrons. The molecule has 0 radical (unpaired) electrons. The molecule has 0 saturated carbocycles. The number of carboxylic acids is 1. The molecular weight excluding hydrogens is 358 g/mol. The van der Waals surface area contributed by atoms with Crippen molar-refractivity contribution in [2.45, 2.75) is 4.90 Å². The lowest BCUT2D eigenvalue weighted by molar-refractivity contribution is 0.0696. The van der Waals surface area contributed by atoms with Crippen molar-refractivity contribution in [2.75, 3.05) is 18.6 Å². The number of sulfonamides is 1. The van der Waals surface area contributed by atoms with Crippen LogP contribution in [0.3, 0.4) is 0 Å². The Morgan fingerprint density at radius 1 is 1.42 bits per heavy atom. The predicted octanol–water partition coefficient (Wildman–Crippen LogP) is 0.804. The van der Waals surface area contributed by atoms with Gasteiger partial charge >= 0.3 is 5.97 Å². The average molecular weight is 370 g/mol. The number of carboxylic acid groups (broad SMARTS) is 1. The van der Waals surface area contributed by atoms with E-state index in [4.69, 9.17) is 5.11 Å². The Kier molecular flexibility index (Phi) is 5.65. The van der Waals surface area contributed by atoms with E-state index in [0.717, 1.165) is 6.07 Å². The fraction of sp³-hybridized carbons (Fsp3) is 0.300. The van der Waals surface area contributed by atoms with Gasteiger partial charge in [0.15, 0.2) is 0 Å². The highest BCUT2D eigenvalue weighted by atomic mass is 79.9. The van der Waals surface area contributed by atoms with Gasteiger partial charge in [0.1, 0.15) is 0 Å². The first-order valence-corrected chi connectivity index (χ1v) is 9.06. The molecule has 0 spiro atoms. The monoisotopic (exact) mass is 369 g/mol. The smallest absolute Gasteiger partial charge is 0.335 e. The van der Waals surface area contributed by atoms with Crippen molar-refractivity contribution in [1.29, 1.82) is 0 Å². The van der Waals surface area contributed by atoms with Gasteiger partial charge in [-0.05, 0) is 18.2 Å². The van der Waals surface area contributed by atoms with Gasteiger partial charge in [-0.15, -0.1) is 0 Å². The Morgan fingerprint density at radius 2 is 2.05 bits per heavy atom. The van der Waals surface area contributed by atoms with Gasteiger partial charge in [-0.3, -0.25) is 4.21 Å². The van der Waals surface area contributed by atoms with E-state index in [1.807, 2.05) is 0 Å². The average Bonchev–Trinajstić information content (AvgIpc) is 2.27. The van der Waals surface area contributed by atoms with Crippen LogP contribution in [-0.4, -0.2) is 42.3 Å². The highest BCUT2D eigenvalue weighted by Crippen LogP contribution is 2.19. The summed E-state index contributed by atoms with van der Waals surface area (Å²) in [7, 11) is -4.92. The molecule has 1 rings (SSSR count). The van der Waals surface area contributed by atoms with Crippen LogP contribution in [0.5, 0.6) is 0 Å². The molecule has 0 aliphatic carbocycles. The first kappa shape index (κ1) is 16.3. The van der Waals surface area contributed by atoms with Crippen molar-refractivity contribution in [3.8, 4) is 0 Å². The van der Waals surface area contributed by atoms with Crippen molar-refractivity contribution in [2.24, 2.45) is 0 Å². The second-order valence-corrected chi connectivity index (χ2v) is 7.89. The standard InChI is InChI=1S/C10H12BrNO5S2/c1-18(15)3-2-12-19(16,17)9-5-7(10(13)14)4-8(11)6-9/h4-6,12H,2-3H2,1H3,(H,13,14). The Bertz CT molecular complexity index is 614. The minimum absolute atomic E-state index is 0.0281. The lowest BCUT2D eigenvalue weighted by Crippen LogP contribution is -2.28. The quantitative estimate of drug-likeness (QED) is 0.772. The Hall–Kier alpha value is -0.770. The maximum atomic E-state index is 11.9. The van der Waals surface area contributed by atoms with Gasteiger partial charge < -0.3 is 5.11 Å². The lowest BCUT2D eigenvalue weighted by atomic mass is 10.2. The van der Waals surface area contributed by atoms with E-state index in [1.165, 1.54) is 18.4 Å². The van der Waals surface area contributed by atoms with E-state index < -0.39 is 26.8 Å². The summed E-state index contributed by atoms with van der Waals surface area (Å²) in [5.41, 5.74) is -0.131. The summed E-state index contributed by atoms with van der Waals surface area (Å²) in [6, 6.07) is 3.68. The van der Waals surface area contributed by atoms with Gasteiger partial charge in [0.05, 0.1) is 10.5 Å². The van der Waals surface area contributed by atoms with Crippen LogP contribution in [0, 0.1) is 0 Å². The molecule has 0 aliphatic rings. The minimum Gasteiger partial charge on any atom is -0.478 e. The first-order chi connectivity index (χ1) is 8.72. The van der Waals surface area contributed by atoms with Crippen molar-refractivity contribution in [1.82, 2.24) is 4.72 Å². The van der Waals surface area contributed by atoms with Gasteiger partial charge in [0.2, 0.25) is 10.0 Å². The third-order valence-corrected chi connectivity index (χ3v) is 4.79. The van der Waals surface area contributed by atoms with Crippen LogP contribution < -0.4 is 4.72 Å². The number of benzene rings is 1. The van der Waals surface area contributed by atoms with Gasteiger partial charge in [0.25, 0.3) is 0 Å². The number of hydrogen-bond acceptors (Lipinski definition) is 4. The van der Waals surface area contributed by atoms with E-state index in [9.17, 15) is 17.4 Å². The number of aromatic carboxylic acids is 1. The molecule has 1 unspecified atom stereocenters. The predicted molar refractivity (Wildman–Crippen MR) is 75.2 cm³/mol. The maximum absolute atomic E-state index is 11.9. The van der Waals surface area contributed by atoms with Crippen LogP contribution in [0.1, 0.15) is 10.4 Å². The van der Waals surface area contributed by atoms with E-state index in [-0.39, 0.29) is 22.8 Å². The third kappa shape index (κ3) is 5.01. The van der Waals surface area contributed by atoms with Crippen molar-refractivity contribution in [3.05, 3.63) is 28.2 Å². The van der Waals surface area contributed by atoms with E-state index >= 15 is 0 Å². The van der Waals surface area contributed by atoms with Crippen LogP contribution in [0.25, 0.3) is 0 Å². The summed E-state index contributed by atoms with van der Waals surface area (Å²) in [4.78, 5) is 10.7. The largest absolute Gasteiger partial charge is 0.478 e. The zero-order valence-corrected chi connectivity index (χ0v) is 13.1. The van der Waals surface area contributed by atoms with Crippen LogP contribution in [0.2, 0.25) is 0 Å². The molecule has 0 heterocycles. The van der Waals surface area contributed by atoms with Crippen molar-refractivity contribution in [3.63, 3.8) is 0 Å². The van der Waals surface area contributed by atoms with Crippen LogP contribution >= 0.6 is 15.9 Å². The van der Waals surface area contributed by atoms with E-state index in [0.29, 0.717) is 4.47 Å². The Labute approximate surface area is 121 Å². The SMILES string of the molecule is CS(=O)CCNS(=O)(=O)c1cc(Br)cc(C(=O)O)c1. The fourth-order valence-electron chi connectivity index (χ4n) is 1.24. The first-order valence-electron chi connectivity index (χ1n) is 5.06. The number of carbonyl (C=O) groups is 1. The molecule has 0 bridgehead atoms. The topological polar surface area (TPSA) is 101 Å². The second kappa shape index (κ2) is 6.60. The molecule has 0 aliphatic heterocycles. The lowest BCUT2D eigenvalue weighted by Gasteiger charge is -2.07. The molecule has 0 saturated heterocycles. The molecule has 2 N–H and O–H groups in total. The summed E-state index contributed by atoms with van der Waals surface area (Å²) in [5, 5.41) is 8.87. The fourth-order valence-corrected chi connectivity index (χ4v) is 3.51. The molecule has 1 aromatic rings. The Morgan fingerprint density at radius 3 is 2.58 bits per heavy atom. The molecule has 0 fully saturated rings. The van der Waals surface area contributed by atoms with Gasteiger partial charge in [-0.2, -0.15) is 0 Å². The molecule has 6 nitrogen and oxygen atoms in total. The van der Waals surface area contributed by atoms with E-state index in [2.05, 4.69) is 20.7 Å². The zero-order valence-electron chi connectivity index (χ0n) is 9.92. The highest BCUT2D eigenvalue weighted by molar-refractivity contribution is 9.10. The zero-order chi connectivity index (χ0) is 14.6. The summed E-state index contributed by atoms with van der Waals surface area (Å²) in [6.45, 7) is 0.0281. The van der Waals surface area contributed by atoms with Crippen LogP contribution in [0.4, 0.5) is 0 Å². The van der Waals surface area contributed by atoms with Crippen LogP contribution in [-0.2, 0) is 20.8 Å². The normalized spacial score (nSPS) is 13.2. The van der Waals surface area contributed by atoms with Gasteiger partial charge in [0, 0.05) is 33.8 Å². The van der Waals surface area contributed by atoms with E-state index in [1.54, 1.807) is 0 Å². The molecule has 1 aromatic carbocycles. The van der Waals surface area contributed by atoms with Crippen molar-refractivity contribution < 1.29 is 22.5 Å². The summed E-state index contributed by atoms with van der Waals surface area (Å²) < 4.78 is 37.3.